The van der Waals surface area contributed by atoms with Crippen LogP contribution in [-0.4, -0.2) is 91.0 Å². The number of rotatable bonds is 3. The molecule has 2 saturated heterocycles. The molecule has 1 aromatic rings. The van der Waals surface area contributed by atoms with Crippen LogP contribution in [0.5, 0.6) is 0 Å². The third kappa shape index (κ3) is 4.77. The van der Waals surface area contributed by atoms with Crippen LogP contribution in [0.2, 0.25) is 0 Å². The number of aromatic nitrogens is 1. The van der Waals surface area contributed by atoms with Crippen LogP contribution < -0.4 is 10.2 Å². The molecular weight excluding hydrogens is 384 g/mol. The molecule has 3 aliphatic heterocycles. The molecule has 9 heteroatoms. The summed E-state index contributed by atoms with van der Waals surface area (Å²) < 4.78 is 11.0. The van der Waals surface area contributed by atoms with Crippen LogP contribution in [0.15, 0.2) is 23.3 Å². The topological polar surface area (TPSA) is 82.5 Å². The Morgan fingerprint density at radius 2 is 2.07 bits per heavy atom. The van der Waals surface area contributed by atoms with Gasteiger partial charge in [-0.2, -0.15) is 0 Å². The molecule has 1 aromatic heterocycles. The van der Waals surface area contributed by atoms with Crippen LogP contribution in [0.1, 0.15) is 26.3 Å². The van der Waals surface area contributed by atoms with E-state index in [9.17, 15) is 4.79 Å². The standard InChI is InChI=1S/C21H32N6O3/c1-21(2,3)30-20(28)26-7-8-27-17(15-26)14-24-19(27)23-13-16-5-4-6-22-18(16)25-9-11-29-12-10-25/h4-6,17H,7-15H2,1-3H3,(H,23,24). The lowest BCUT2D eigenvalue weighted by Gasteiger charge is -2.39. The number of guanidine groups is 1. The molecule has 1 unspecified atom stereocenters. The zero-order valence-corrected chi connectivity index (χ0v) is 18.1. The molecule has 30 heavy (non-hydrogen) atoms. The summed E-state index contributed by atoms with van der Waals surface area (Å²) in [6, 6.07) is 4.28. The third-order valence-corrected chi connectivity index (χ3v) is 5.47. The highest BCUT2D eigenvalue weighted by Crippen LogP contribution is 2.21. The monoisotopic (exact) mass is 416 g/mol. The molecule has 0 aliphatic carbocycles. The predicted octanol–water partition coefficient (Wildman–Crippen LogP) is 1.30. The number of anilines is 1. The first kappa shape index (κ1) is 20.7. The van der Waals surface area contributed by atoms with Gasteiger partial charge in [-0.05, 0) is 26.8 Å². The summed E-state index contributed by atoms with van der Waals surface area (Å²) in [5.41, 5.74) is 0.674. The van der Waals surface area contributed by atoms with E-state index < -0.39 is 5.60 Å². The zero-order valence-electron chi connectivity index (χ0n) is 18.1. The number of hydrogen-bond donors (Lipinski definition) is 1. The van der Waals surface area contributed by atoms with Gasteiger partial charge in [0.2, 0.25) is 0 Å². The van der Waals surface area contributed by atoms with Crippen molar-refractivity contribution in [2.75, 3.05) is 57.4 Å². The lowest BCUT2D eigenvalue weighted by Crippen LogP contribution is -2.57. The normalized spacial score (nSPS) is 21.9. The van der Waals surface area contributed by atoms with E-state index >= 15 is 0 Å². The number of morpholine rings is 1. The molecule has 0 bridgehead atoms. The van der Waals surface area contributed by atoms with Gasteiger partial charge < -0.3 is 29.5 Å². The zero-order chi connectivity index (χ0) is 21.1. The van der Waals surface area contributed by atoms with Crippen LogP contribution in [0.4, 0.5) is 10.6 Å². The second-order valence-corrected chi connectivity index (χ2v) is 8.88. The van der Waals surface area contributed by atoms with Crippen molar-refractivity contribution in [3.05, 3.63) is 23.9 Å². The van der Waals surface area contributed by atoms with Crippen LogP contribution in [0.3, 0.4) is 0 Å². The van der Waals surface area contributed by atoms with Gasteiger partial charge in [-0.1, -0.05) is 6.07 Å². The summed E-state index contributed by atoms with van der Waals surface area (Å²) in [5, 5.41) is 3.50. The Kier molecular flexibility index (Phi) is 5.99. The lowest BCUT2D eigenvalue weighted by atomic mass is 10.2. The molecule has 0 spiro atoms. The van der Waals surface area contributed by atoms with Gasteiger partial charge in [0, 0.05) is 51.0 Å². The van der Waals surface area contributed by atoms with Crippen molar-refractivity contribution in [3.63, 3.8) is 0 Å². The summed E-state index contributed by atoms with van der Waals surface area (Å²) >= 11 is 0. The number of fused-ring (bicyclic) bond motifs is 1. The second kappa shape index (κ2) is 8.67. The van der Waals surface area contributed by atoms with Gasteiger partial charge in [-0.25, -0.2) is 9.78 Å². The van der Waals surface area contributed by atoms with Gasteiger partial charge in [-0.15, -0.1) is 0 Å². The van der Waals surface area contributed by atoms with E-state index in [1.54, 1.807) is 4.90 Å². The van der Waals surface area contributed by atoms with E-state index in [2.05, 4.69) is 26.2 Å². The Morgan fingerprint density at radius 3 is 2.83 bits per heavy atom. The highest BCUT2D eigenvalue weighted by atomic mass is 16.6. The molecule has 1 amide bonds. The van der Waals surface area contributed by atoms with Gasteiger partial charge in [0.05, 0.1) is 25.8 Å². The van der Waals surface area contributed by atoms with Crippen molar-refractivity contribution in [1.82, 2.24) is 20.1 Å². The number of carbonyl (C=O) groups excluding carboxylic acids is 1. The number of nitrogens with one attached hydrogen (secondary N) is 1. The number of aliphatic imine (C=N–C) groups is 1. The smallest absolute Gasteiger partial charge is 0.410 e. The van der Waals surface area contributed by atoms with E-state index in [4.69, 9.17) is 14.5 Å². The van der Waals surface area contributed by atoms with Crippen molar-refractivity contribution >= 4 is 17.9 Å². The van der Waals surface area contributed by atoms with Crippen LogP contribution in [0.25, 0.3) is 0 Å². The Morgan fingerprint density at radius 1 is 1.27 bits per heavy atom. The number of carbonyl (C=O) groups is 1. The van der Waals surface area contributed by atoms with Gasteiger partial charge >= 0.3 is 6.09 Å². The fraction of sp³-hybridized carbons (Fsp3) is 0.667. The fourth-order valence-electron chi connectivity index (χ4n) is 4.03. The summed E-state index contributed by atoms with van der Waals surface area (Å²) in [7, 11) is 0. The summed E-state index contributed by atoms with van der Waals surface area (Å²) in [6.45, 7) is 12.2. The summed E-state index contributed by atoms with van der Waals surface area (Å²) in [5.74, 6) is 1.92. The molecule has 2 fully saturated rings. The maximum absolute atomic E-state index is 12.4. The Labute approximate surface area is 178 Å². The number of amides is 1. The largest absolute Gasteiger partial charge is 0.444 e. The Balaban J connectivity index is 1.33. The first-order valence-electron chi connectivity index (χ1n) is 10.7. The molecule has 0 radical (unpaired) electrons. The summed E-state index contributed by atoms with van der Waals surface area (Å²) in [4.78, 5) is 28.0. The van der Waals surface area contributed by atoms with Crippen molar-refractivity contribution in [2.45, 2.75) is 39.0 Å². The van der Waals surface area contributed by atoms with Gasteiger partial charge in [0.25, 0.3) is 0 Å². The molecule has 0 saturated carbocycles. The van der Waals surface area contributed by atoms with Crippen molar-refractivity contribution in [3.8, 4) is 0 Å². The molecule has 1 atom stereocenters. The molecule has 9 nitrogen and oxygen atoms in total. The minimum Gasteiger partial charge on any atom is -0.444 e. The van der Waals surface area contributed by atoms with Gasteiger partial charge in [0.1, 0.15) is 11.4 Å². The first-order valence-corrected chi connectivity index (χ1v) is 10.7. The number of nitrogens with zero attached hydrogens (tertiary/aromatic N) is 5. The number of ether oxygens (including phenoxy) is 2. The molecular formula is C21H32N6O3. The number of piperazine rings is 1. The second-order valence-electron chi connectivity index (χ2n) is 8.88. The average Bonchev–Trinajstić information content (AvgIpc) is 3.14. The van der Waals surface area contributed by atoms with Gasteiger partial charge in [0.15, 0.2) is 5.96 Å². The summed E-state index contributed by atoms with van der Waals surface area (Å²) in [6.07, 6.45) is 1.60. The van der Waals surface area contributed by atoms with Crippen LogP contribution >= 0.6 is 0 Å². The fourth-order valence-corrected chi connectivity index (χ4v) is 4.03. The highest BCUT2D eigenvalue weighted by molar-refractivity contribution is 5.82. The molecule has 4 heterocycles. The number of hydrogen-bond acceptors (Lipinski definition) is 8. The van der Waals surface area contributed by atoms with E-state index in [1.165, 1.54) is 0 Å². The van der Waals surface area contributed by atoms with E-state index in [-0.39, 0.29) is 12.1 Å². The SMILES string of the molecule is CC(C)(C)OC(=O)N1CCN2C(NCc3cccnc3N3CCOCC3)=NCC2C1. The Hall–Kier alpha value is -2.55. The maximum atomic E-state index is 12.4. The van der Waals surface area contributed by atoms with Crippen molar-refractivity contribution in [1.29, 1.82) is 0 Å². The predicted molar refractivity (Wildman–Crippen MR) is 115 cm³/mol. The molecule has 0 aromatic carbocycles. The van der Waals surface area contributed by atoms with Gasteiger partial charge in [-0.3, -0.25) is 4.99 Å². The quantitative estimate of drug-likeness (QED) is 0.795. The molecule has 164 valence electrons. The van der Waals surface area contributed by atoms with E-state index in [0.717, 1.165) is 50.2 Å². The molecule has 1 N–H and O–H groups in total. The van der Waals surface area contributed by atoms with Crippen molar-refractivity contribution < 1.29 is 14.3 Å². The Bertz CT molecular complexity index is 787. The first-order chi connectivity index (χ1) is 14.4. The third-order valence-electron chi connectivity index (χ3n) is 5.47. The van der Waals surface area contributed by atoms with Crippen molar-refractivity contribution in [2.24, 2.45) is 4.99 Å². The van der Waals surface area contributed by atoms with E-state index in [0.29, 0.717) is 26.2 Å². The van der Waals surface area contributed by atoms with Crippen LogP contribution in [-0.2, 0) is 16.0 Å². The highest BCUT2D eigenvalue weighted by Gasteiger charge is 2.36. The molecule has 4 rings (SSSR count). The maximum Gasteiger partial charge on any atom is 0.410 e. The van der Waals surface area contributed by atoms with E-state index in [1.807, 2.05) is 33.0 Å². The number of pyridine rings is 1. The molecule has 3 aliphatic rings. The van der Waals surface area contributed by atoms with Crippen LogP contribution in [0, 0.1) is 0 Å². The minimum absolute atomic E-state index is 0.196. The average molecular weight is 417 g/mol. The lowest BCUT2D eigenvalue weighted by molar-refractivity contribution is 0.0137. The minimum atomic E-state index is -0.477.